The van der Waals surface area contributed by atoms with Crippen LogP contribution in [0, 0.1) is 6.92 Å². The van der Waals surface area contributed by atoms with Gasteiger partial charge in [-0.2, -0.15) is 0 Å². The third-order valence-corrected chi connectivity index (χ3v) is 5.56. The van der Waals surface area contributed by atoms with Gasteiger partial charge in [-0.3, -0.25) is 9.59 Å². The fraction of sp³-hybridized carbons (Fsp3) is 0.364. The standard InChI is InChI=1S/C22H24N2O3/c1-15-6-5-7-16(14-15)20(25)23-22(2)11-12-24(21(22)26)18-10-13-27-19-9-4-3-8-17(18)19/h3-9,14,18H,10-13H2,1-2H3,(H,23,25). The molecule has 1 N–H and O–H groups in total. The highest BCUT2D eigenvalue weighted by molar-refractivity contribution is 6.00. The molecule has 1 fully saturated rings. The van der Waals surface area contributed by atoms with Crippen molar-refractivity contribution in [3.05, 3.63) is 65.2 Å². The molecular weight excluding hydrogens is 340 g/mol. The molecule has 2 aromatic carbocycles. The molecular formula is C22H24N2O3. The van der Waals surface area contributed by atoms with Gasteiger partial charge in [-0.05, 0) is 38.5 Å². The van der Waals surface area contributed by atoms with E-state index >= 15 is 0 Å². The van der Waals surface area contributed by atoms with Crippen molar-refractivity contribution in [1.82, 2.24) is 10.2 Å². The van der Waals surface area contributed by atoms with Crippen molar-refractivity contribution in [1.29, 1.82) is 0 Å². The van der Waals surface area contributed by atoms with E-state index in [1.165, 1.54) is 0 Å². The van der Waals surface area contributed by atoms with Crippen LogP contribution in [0.25, 0.3) is 0 Å². The highest BCUT2D eigenvalue weighted by atomic mass is 16.5. The number of fused-ring (bicyclic) bond motifs is 1. The lowest BCUT2D eigenvalue weighted by Crippen LogP contribution is -2.52. The fourth-order valence-electron chi connectivity index (χ4n) is 4.04. The summed E-state index contributed by atoms with van der Waals surface area (Å²) >= 11 is 0. The highest BCUT2D eigenvalue weighted by Crippen LogP contribution is 2.39. The molecule has 0 spiro atoms. The van der Waals surface area contributed by atoms with E-state index in [1.54, 1.807) is 6.07 Å². The highest BCUT2D eigenvalue weighted by Gasteiger charge is 2.47. The molecule has 2 unspecified atom stereocenters. The molecule has 2 heterocycles. The van der Waals surface area contributed by atoms with Gasteiger partial charge in [0.2, 0.25) is 5.91 Å². The molecule has 0 saturated carbocycles. The Labute approximate surface area is 159 Å². The van der Waals surface area contributed by atoms with Crippen LogP contribution in [0.2, 0.25) is 0 Å². The minimum atomic E-state index is -0.881. The van der Waals surface area contributed by atoms with Gasteiger partial charge < -0.3 is 15.0 Å². The summed E-state index contributed by atoms with van der Waals surface area (Å²) in [5, 5.41) is 2.98. The van der Waals surface area contributed by atoms with Crippen LogP contribution < -0.4 is 10.1 Å². The van der Waals surface area contributed by atoms with Crippen LogP contribution in [0.15, 0.2) is 48.5 Å². The first-order valence-corrected chi connectivity index (χ1v) is 9.40. The molecule has 0 aliphatic carbocycles. The van der Waals surface area contributed by atoms with E-state index in [0.29, 0.717) is 25.1 Å². The maximum Gasteiger partial charge on any atom is 0.252 e. The zero-order valence-electron chi connectivity index (χ0n) is 15.7. The normalized spacial score (nSPS) is 24.3. The minimum absolute atomic E-state index is 0.000136. The van der Waals surface area contributed by atoms with E-state index in [2.05, 4.69) is 5.32 Å². The lowest BCUT2D eigenvalue weighted by molar-refractivity contribution is -0.135. The van der Waals surface area contributed by atoms with Gasteiger partial charge in [0.25, 0.3) is 5.91 Å². The van der Waals surface area contributed by atoms with Crippen molar-refractivity contribution in [2.24, 2.45) is 0 Å². The number of likely N-dealkylation sites (tertiary alicyclic amines) is 1. The average Bonchev–Trinajstić information content (AvgIpc) is 2.96. The number of amides is 2. The Morgan fingerprint density at radius 2 is 2.04 bits per heavy atom. The number of carbonyl (C=O) groups excluding carboxylic acids is 2. The Kier molecular flexibility index (Phi) is 4.38. The summed E-state index contributed by atoms with van der Waals surface area (Å²) in [5.74, 6) is 0.618. The molecule has 2 atom stereocenters. The number of para-hydroxylation sites is 1. The second kappa shape index (κ2) is 6.72. The second-order valence-corrected chi connectivity index (χ2v) is 7.60. The summed E-state index contributed by atoms with van der Waals surface area (Å²) in [7, 11) is 0. The smallest absolute Gasteiger partial charge is 0.252 e. The van der Waals surface area contributed by atoms with Crippen molar-refractivity contribution in [2.45, 2.75) is 38.3 Å². The largest absolute Gasteiger partial charge is 0.493 e. The van der Waals surface area contributed by atoms with Gasteiger partial charge in [0.1, 0.15) is 11.3 Å². The zero-order valence-corrected chi connectivity index (χ0v) is 15.7. The molecule has 4 rings (SSSR count). The van der Waals surface area contributed by atoms with Crippen LogP contribution >= 0.6 is 0 Å². The number of benzene rings is 2. The number of nitrogens with zero attached hydrogens (tertiary/aromatic N) is 1. The molecule has 0 aromatic heterocycles. The van der Waals surface area contributed by atoms with Crippen LogP contribution in [0.4, 0.5) is 0 Å². The Hall–Kier alpha value is -2.82. The van der Waals surface area contributed by atoms with Crippen molar-refractivity contribution >= 4 is 11.8 Å². The molecule has 27 heavy (non-hydrogen) atoms. The SMILES string of the molecule is Cc1cccc(C(=O)NC2(C)CCN(C3CCOc4ccccc43)C2=O)c1. The van der Waals surface area contributed by atoms with Crippen LogP contribution in [0.1, 0.15) is 47.3 Å². The van der Waals surface area contributed by atoms with Crippen molar-refractivity contribution < 1.29 is 14.3 Å². The minimum Gasteiger partial charge on any atom is -0.493 e. The summed E-state index contributed by atoms with van der Waals surface area (Å²) in [6, 6.07) is 15.3. The van der Waals surface area contributed by atoms with E-state index in [4.69, 9.17) is 4.74 Å². The summed E-state index contributed by atoms with van der Waals surface area (Å²) < 4.78 is 5.73. The number of carbonyl (C=O) groups is 2. The number of nitrogens with one attached hydrogen (secondary N) is 1. The maximum absolute atomic E-state index is 13.2. The third kappa shape index (κ3) is 3.18. The number of hydrogen-bond acceptors (Lipinski definition) is 3. The Bertz CT molecular complexity index is 895. The Morgan fingerprint density at radius 1 is 1.22 bits per heavy atom. The molecule has 2 aliphatic rings. The number of rotatable bonds is 3. The van der Waals surface area contributed by atoms with E-state index in [0.717, 1.165) is 23.3 Å². The van der Waals surface area contributed by atoms with Crippen molar-refractivity contribution in [3.8, 4) is 5.75 Å². The van der Waals surface area contributed by atoms with Crippen molar-refractivity contribution in [2.75, 3.05) is 13.2 Å². The number of aryl methyl sites for hydroxylation is 1. The lowest BCUT2D eigenvalue weighted by Gasteiger charge is -2.34. The van der Waals surface area contributed by atoms with E-state index in [-0.39, 0.29) is 17.9 Å². The predicted octanol–water partition coefficient (Wildman–Crippen LogP) is 3.24. The van der Waals surface area contributed by atoms with Gasteiger partial charge in [-0.1, -0.05) is 35.9 Å². The van der Waals surface area contributed by atoms with Gasteiger partial charge in [-0.25, -0.2) is 0 Å². The number of ether oxygens (including phenoxy) is 1. The van der Waals surface area contributed by atoms with Gasteiger partial charge in [-0.15, -0.1) is 0 Å². The quantitative estimate of drug-likeness (QED) is 0.910. The molecule has 1 saturated heterocycles. The average molecular weight is 364 g/mol. The molecule has 140 valence electrons. The Morgan fingerprint density at radius 3 is 2.85 bits per heavy atom. The first kappa shape index (κ1) is 17.6. The number of hydrogen-bond donors (Lipinski definition) is 1. The summed E-state index contributed by atoms with van der Waals surface area (Å²) in [4.78, 5) is 27.8. The van der Waals surface area contributed by atoms with Crippen LogP contribution in [-0.2, 0) is 4.79 Å². The fourth-order valence-corrected chi connectivity index (χ4v) is 4.04. The molecule has 5 heteroatoms. The molecule has 0 radical (unpaired) electrons. The van der Waals surface area contributed by atoms with Crippen LogP contribution in [0.3, 0.4) is 0 Å². The van der Waals surface area contributed by atoms with Gasteiger partial charge >= 0.3 is 0 Å². The summed E-state index contributed by atoms with van der Waals surface area (Å²) in [6.07, 6.45) is 1.37. The Balaban J connectivity index is 1.54. The topological polar surface area (TPSA) is 58.6 Å². The van der Waals surface area contributed by atoms with Gasteiger partial charge in [0, 0.05) is 24.1 Å². The van der Waals surface area contributed by atoms with Crippen molar-refractivity contribution in [3.63, 3.8) is 0 Å². The molecule has 5 nitrogen and oxygen atoms in total. The first-order valence-electron chi connectivity index (χ1n) is 9.40. The van der Waals surface area contributed by atoms with Gasteiger partial charge in [0.05, 0.1) is 12.6 Å². The van der Waals surface area contributed by atoms with Crippen LogP contribution in [-0.4, -0.2) is 35.4 Å². The molecule has 2 amide bonds. The maximum atomic E-state index is 13.2. The summed E-state index contributed by atoms with van der Waals surface area (Å²) in [5.41, 5.74) is 1.77. The molecule has 2 aliphatic heterocycles. The third-order valence-electron chi connectivity index (χ3n) is 5.56. The second-order valence-electron chi connectivity index (χ2n) is 7.60. The van der Waals surface area contributed by atoms with Crippen LogP contribution in [0.5, 0.6) is 5.75 Å². The molecule has 2 aromatic rings. The van der Waals surface area contributed by atoms with Gasteiger partial charge in [0.15, 0.2) is 0 Å². The predicted molar refractivity (Wildman–Crippen MR) is 103 cm³/mol. The zero-order chi connectivity index (χ0) is 19.0. The lowest BCUT2D eigenvalue weighted by atomic mass is 9.97. The monoisotopic (exact) mass is 364 g/mol. The van der Waals surface area contributed by atoms with E-state index < -0.39 is 5.54 Å². The molecule has 0 bridgehead atoms. The van der Waals surface area contributed by atoms with E-state index in [1.807, 2.05) is 61.2 Å². The van der Waals surface area contributed by atoms with E-state index in [9.17, 15) is 9.59 Å². The summed E-state index contributed by atoms with van der Waals surface area (Å²) in [6.45, 7) is 5.00. The first-order chi connectivity index (χ1) is 13.0.